The van der Waals surface area contributed by atoms with Crippen molar-refractivity contribution in [2.45, 2.75) is 0 Å². The smallest absolute Gasteiger partial charge is 0.0689 e. The minimum atomic E-state index is -1.75. The Kier molecular flexibility index (Phi) is 24.9. The molecule has 0 unspecified atom stereocenters. The number of quaternary nitrogens is 1. The normalized spacial score (nSPS) is 4.00. The van der Waals surface area contributed by atoms with Crippen LogP contribution in [0, 0.1) is 15.3 Å². The summed E-state index contributed by atoms with van der Waals surface area (Å²) in [7, 11) is 0. The fourth-order valence-electron chi connectivity index (χ4n) is 0. The third-order valence-corrected chi connectivity index (χ3v) is 0. The van der Waals surface area contributed by atoms with E-state index in [2.05, 4.69) is 0 Å². The maximum atomic E-state index is 8.25. The number of hydrogen-bond donors (Lipinski definition) is 1. The van der Waals surface area contributed by atoms with E-state index >= 15 is 0 Å². The van der Waals surface area contributed by atoms with Crippen LogP contribution >= 0.6 is 0 Å². The topological polar surface area (TPSA) is 103 Å². The number of hydrogen-bond acceptors (Lipinski definition) is 3. The Morgan fingerprint density at radius 1 is 1.33 bits per heavy atom. The van der Waals surface area contributed by atoms with Crippen LogP contribution in [-0.2, 0) is 22.4 Å². The Balaban J connectivity index is -0.0000000450. The van der Waals surface area contributed by atoms with Crippen LogP contribution < -0.4 is 6.15 Å². The van der Waals surface area contributed by atoms with Gasteiger partial charge >= 0.3 is 0 Å². The molecular formula is H4N2NbO3. The van der Waals surface area contributed by atoms with Gasteiger partial charge in [0.05, 0.1) is 5.09 Å². The van der Waals surface area contributed by atoms with Crippen molar-refractivity contribution < 1.29 is 27.5 Å². The molecule has 0 aliphatic carbocycles. The van der Waals surface area contributed by atoms with E-state index in [9.17, 15) is 0 Å². The van der Waals surface area contributed by atoms with Crippen molar-refractivity contribution >= 4 is 0 Å². The first-order valence-corrected chi connectivity index (χ1v) is 0.548. The Hall–Kier alpha value is -0.0997. The summed E-state index contributed by atoms with van der Waals surface area (Å²) < 4.78 is 0. The molecule has 37 valence electrons. The molecule has 0 aromatic heterocycles. The summed E-state index contributed by atoms with van der Waals surface area (Å²) in [6, 6.07) is 0. The maximum Gasteiger partial charge on any atom is 0.0689 e. The summed E-state index contributed by atoms with van der Waals surface area (Å²) in [4.78, 5) is 8.25. The molecule has 6 heavy (non-hydrogen) atoms. The molecule has 6 heteroatoms. The minimum absolute atomic E-state index is 0. The zero-order chi connectivity index (χ0) is 3.58. The van der Waals surface area contributed by atoms with E-state index in [1.54, 1.807) is 0 Å². The summed E-state index contributed by atoms with van der Waals surface area (Å²) in [6.45, 7) is 0. The molecule has 0 heterocycles. The SMILES string of the molecule is O=[N+]([O-])[O-].[NH4+].[Nb]. The molecule has 0 rings (SSSR count). The standard InChI is InChI=1S/NO3.H3N.Nb/c2-1(3)4;;/h;1H3;/q-1;;/p+1. The van der Waals surface area contributed by atoms with Crippen molar-refractivity contribution in [2.24, 2.45) is 0 Å². The molecule has 0 bridgehead atoms. The Bertz CT molecular complexity index is 31.8. The Morgan fingerprint density at radius 3 is 1.33 bits per heavy atom. The van der Waals surface area contributed by atoms with Crippen LogP contribution in [0.2, 0.25) is 0 Å². The van der Waals surface area contributed by atoms with Gasteiger partial charge in [0.25, 0.3) is 0 Å². The van der Waals surface area contributed by atoms with E-state index < -0.39 is 5.09 Å². The van der Waals surface area contributed by atoms with Crippen LogP contribution in [0.3, 0.4) is 0 Å². The van der Waals surface area contributed by atoms with Gasteiger partial charge in [0, 0.05) is 22.4 Å². The van der Waals surface area contributed by atoms with Gasteiger partial charge in [-0.15, -0.1) is 0 Å². The zero-order valence-electron chi connectivity index (χ0n) is 3.12. The summed E-state index contributed by atoms with van der Waals surface area (Å²) >= 11 is 0. The van der Waals surface area contributed by atoms with E-state index in [1.807, 2.05) is 0 Å². The van der Waals surface area contributed by atoms with E-state index in [1.165, 1.54) is 0 Å². The van der Waals surface area contributed by atoms with Crippen LogP contribution in [0.25, 0.3) is 0 Å². The van der Waals surface area contributed by atoms with Crippen molar-refractivity contribution in [1.29, 1.82) is 0 Å². The van der Waals surface area contributed by atoms with Crippen molar-refractivity contribution in [3.8, 4) is 0 Å². The van der Waals surface area contributed by atoms with Gasteiger partial charge in [0.15, 0.2) is 0 Å². The molecule has 0 aliphatic rings. The third-order valence-electron chi connectivity index (χ3n) is 0. The zero-order valence-corrected chi connectivity index (χ0v) is 5.32. The molecule has 0 aliphatic heterocycles. The van der Waals surface area contributed by atoms with Gasteiger partial charge in [-0.2, -0.15) is 0 Å². The molecule has 1 radical (unpaired) electrons. The Morgan fingerprint density at radius 2 is 1.33 bits per heavy atom. The number of nitrogens with zero attached hydrogens (tertiary/aromatic N) is 1. The molecule has 0 amide bonds. The molecule has 0 saturated heterocycles. The van der Waals surface area contributed by atoms with Crippen LogP contribution in [0.15, 0.2) is 0 Å². The van der Waals surface area contributed by atoms with Crippen molar-refractivity contribution in [1.82, 2.24) is 6.15 Å². The Labute approximate surface area is 49.5 Å². The predicted octanol–water partition coefficient (Wildman–Crippen LogP) is 0.135. The van der Waals surface area contributed by atoms with Crippen LogP contribution in [0.4, 0.5) is 0 Å². The van der Waals surface area contributed by atoms with Crippen molar-refractivity contribution in [3.63, 3.8) is 0 Å². The first-order chi connectivity index (χ1) is 1.73. The molecule has 0 fully saturated rings. The summed E-state index contributed by atoms with van der Waals surface area (Å²) in [5.41, 5.74) is 0. The second-order valence-corrected chi connectivity index (χ2v) is 0.224. The first kappa shape index (κ1) is 16.8. The minimum Gasteiger partial charge on any atom is -0.369 e. The average molecular weight is 173 g/mol. The molecule has 0 spiro atoms. The maximum absolute atomic E-state index is 8.25. The van der Waals surface area contributed by atoms with Gasteiger partial charge in [0.2, 0.25) is 0 Å². The quantitative estimate of drug-likeness (QED) is 0.319. The van der Waals surface area contributed by atoms with Crippen LogP contribution in [0.5, 0.6) is 0 Å². The number of rotatable bonds is 0. The molecule has 0 aromatic carbocycles. The van der Waals surface area contributed by atoms with Crippen molar-refractivity contribution in [3.05, 3.63) is 15.3 Å². The molecule has 5 nitrogen and oxygen atoms in total. The first-order valence-electron chi connectivity index (χ1n) is 0.548. The molecule has 0 saturated carbocycles. The van der Waals surface area contributed by atoms with Gasteiger partial charge < -0.3 is 21.5 Å². The average Bonchev–Trinajstić information content (AvgIpc) is 0.811. The second kappa shape index (κ2) is 8.86. The summed E-state index contributed by atoms with van der Waals surface area (Å²) in [6.07, 6.45) is 0. The fraction of sp³-hybridized carbons (Fsp3) is 0. The third kappa shape index (κ3) is 3300. The van der Waals surface area contributed by atoms with Crippen molar-refractivity contribution in [2.75, 3.05) is 0 Å². The van der Waals surface area contributed by atoms with Crippen LogP contribution in [0.1, 0.15) is 0 Å². The summed E-state index contributed by atoms with van der Waals surface area (Å²) in [5.74, 6) is 0. The van der Waals surface area contributed by atoms with Crippen LogP contribution in [-0.4, -0.2) is 5.09 Å². The molecule has 0 aromatic rings. The van der Waals surface area contributed by atoms with Gasteiger partial charge in [0.1, 0.15) is 0 Å². The van der Waals surface area contributed by atoms with E-state index in [-0.39, 0.29) is 28.5 Å². The second-order valence-electron chi connectivity index (χ2n) is 0.224. The monoisotopic (exact) mass is 173 g/mol. The largest absolute Gasteiger partial charge is 0.369 e. The molecule has 4 N–H and O–H groups in total. The molecule has 0 atom stereocenters. The van der Waals surface area contributed by atoms with E-state index in [0.29, 0.717) is 0 Å². The summed E-state index contributed by atoms with van der Waals surface area (Å²) in [5, 5.41) is 14.8. The molecular weight excluding hydrogens is 169 g/mol. The van der Waals surface area contributed by atoms with Gasteiger partial charge in [-0.3, -0.25) is 0 Å². The van der Waals surface area contributed by atoms with Gasteiger partial charge in [-0.25, -0.2) is 0 Å². The predicted molar refractivity (Wildman–Crippen MR) is 16.3 cm³/mol. The van der Waals surface area contributed by atoms with E-state index in [4.69, 9.17) is 15.3 Å². The van der Waals surface area contributed by atoms with Gasteiger partial charge in [-0.1, -0.05) is 0 Å². The van der Waals surface area contributed by atoms with Gasteiger partial charge in [-0.05, 0) is 0 Å². The van der Waals surface area contributed by atoms with E-state index in [0.717, 1.165) is 0 Å². The fourth-order valence-corrected chi connectivity index (χ4v) is 0.